The van der Waals surface area contributed by atoms with Crippen LogP contribution in [0.15, 0.2) is 34.7 Å². The van der Waals surface area contributed by atoms with Crippen LogP contribution in [0.25, 0.3) is 17.0 Å². The van der Waals surface area contributed by atoms with E-state index in [0.29, 0.717) is 25.0 Å². The summed E-state index contributed by atoms with van der Waals surface area (Å²) in [5.74, 6) is 2.54. The molecule has 1 saturated heterocycles. The van der Waals surface area contributed by atoms with Crippen LogP contribution >= 0.6 is 0 Å². The molecule has 8 nitrogen and oxygen atoms in total. The maximum atomic E-state index is 13.1. The molecule has 9 heteroatoms. The van der Waals surface area contributed by atoms with Crippen molar-refractivity contribution in [2.75, 3.05) is 30.9 Å². The van der Waals surface area contributed by atoms with E-state index in [-0.39, 0.29) is 11.3 Å². The molecule has 1 aliphatic heterocycles. The van der Waals surface area contributed by atoms with Crippen LogP contribution in [0.3, 0.4) is 0 Å². The first-order chi connectivity index (χ1) is 14.4. The topological polar surface area (TPSA) is 85.5 Å². The smallest absolute Gasteiger partial charge is 0.239 e. The van der Waals surface area contributed by atoms with Crippen molar-refractivity contribution >= 4 is 32.4 Å². The first-order valence-corrected chi connectivity index (χ1v) is 12.3. The second-order valence-electron chi connectivity index (χ2n) is 8.14. The molecule has 1 aliphatic carbocycles. The molecule has 2 fully saturated rings. The molecule has 1 unspecified atom stereocenters. The van der Waals surface area contributed by atoms with Crippen LogP contribution in [0, 0.1) is 6.92 Å². The van der Waals surface area contributed by atoms with Crippen LogP contribution in [0.1, 0.15) is 25.6 Å². The Morgan fingerprint density at radius 1 is 1.20 bits per heavy atom. The molecule has 1 saturated carbocycles. The summed E-state index contributed by atoms with van der Waals surface area (Å²) in [7, 11) is -2.32. The fraction of sp³-hybridized carbons (Fsp3) is 0.476. The SMILES string of the molecule is Cc1nc2ccccc2n1-c1nc(N=S(C)(=O)C2CC2)cc(N2CCOC[C@H]2C)n1. The van der Waals surface area contributed by atoms with E-state index < -0.39 is 9.73 Å². The van der Waals surface area contributed by atoms with Gasteiger partial charge in [-0.05, 0) is 38.8 Å². The monoisotopic (exact) mass is 426 g/mol. The van der Waals surface area contributed by atoms with Gasteiger partial charge < -0.3 is 9.64 Å². The first-order valence-electron chi connectivity index (χ1n) is 10.3. The third-order valence-corrected chi connectivity index (χ3v) is 7.95. The lowest BCUT2D eigenvalue weighted by Crippen LogP contribution is -2.44. The van der Waals surface area contributed by atoms with Crippen LogP contribution in [0.5, 0.6) is 0 Å². The van der Waals surface area contributed by atoms with E-state index in [2.05, 4.69) is 21.2 Å². The van der Waals surface area contributed by atoms with E-state index >= 15 is 0 Å². The largest absolute Gasteiger partial charge is 0.377 e. The number of imidazole rings is 1. The van der Waals surface area contributed by atoms with Crippen molar-refractivity contribution in [1.29, 1.82) is 0 Å². The molecule has 1 aromatic carbocycles. The quantitative estimate of drug-likeness (QED) is 0.637. The number of aryl methyl sites for hydroxylation is 1. The van der Waals surface area contributed by atoms with Crippen molar-refractivity contribution in [2.24, 2.45) is 4.36 Å². The molecule has 3 heterocycles. The van der Waals surface area contributed by atoms with E-state index in [9.17, 15) is 4.21 Å². The van der Waals surface area contributed by atoms with Crippen molar-refractivity contribution < 1.29 is 8.95 Å². The minimum Gasteiger partial charge on any atom is -0.377 e. The molecule has 3 aromatic rings. The number of ether oxygens (including phenoxy) is 1. The minimum atomic E-state index is -2.32. The summed E-state index contributed by atoms with van der Waals surface area (Å²) < 4.78 is 25.2. The number of anilines is 1. The van der Waals surface area contributed by atoms with Gasteiger partial charge in [-0.15, -0.1) is 0 Å². The molecular weight excluding hydrogens is 400 g/mol. The molecule has 0 spiro atoms. The van der Waals surface area contributed by atoms with Gasteiger partial charge in [0, 0.05) is 24.1 Å². The Hall–Kier alpha value is -2.52. The highest BCUT2D eigenvalue weighted by molar-refractivity contribution is 7.93. The summed E-state index contributed by atoms with van der Waals surface area (Å²) in [6.07, 6.45) is 3.67. The van der Waals surface area contributed by atoms with Gasteiger partial charge in [0.25, 0.3) is 0 Å². The molecule has 0 N–H and O–H groups in total. The molecule has 0 radical (unpaired) electrons. The fourth-order valence-electron chi connectivity index (χ4n) is 3.94. The molecule has 5 rings (SSSR count). The number of aromatic nitrogens is 4. The Labute approximate surface area is 176 Å². The van der Waals surface area contributed by atoms with Crippen LogP contribution in [-0.4, -0.2) is 61.0 Å². The van der Waals surface area contributed by atoms with E-state index in [0.717, 1.165) is 42.1 Å². The van der Waals surface area contributed by atoms with Gasteiger partial charge in [-0.2, -0.15) is 14.3 Å². The lowest BCUT2D eigenvalue weighted by molar-refractivity contribution is 0.0985. The Balaban J connectivity index is 1.70. The summed E-state index contributed by atoms with van der Waals surface area (Å²) in [6, 6.07) is 9.96. The minimum absolute atomic E-state index is 0.164. The Morgan fingerprint density at radius 3 is 2.77 bits per heavy atom. The summed E-state index contributed by atoms with van der Waals surface area (Å²) in [4.78, 5) is 16.4. The number of benzene rings is 1. The Morgan fingerprint density at radius 2 is 2.00 bits per heavy atom. The van der Waals surface area contributed by atoms with Crippen molar-refractivity contribution in [2.45, 2.75) is 38.0 Å². The molecular formula is C21H26N6O2S. The van der Waals surface area contributed by atoms with Crippen LogP contribution in [0.2, 0.25) is 0 Å². The van der Waals surface area contributed by atoms with E-state index in [1.54, 1.807) is 6.26 Å². The van der Waals surface area contributed by atoms with Crippen LogP contribution in [-0.2, 0) is 14.5 Å². The lowest BCUT2D eigenvalue weighted by atomic mass is 10.2. The molecule has 30 heavy (non-hydrogen) atoms. The van der Waals surface area contributed by atoms with E-state index in [1.807, 2.05) is 41.8 Å². The molecule has 2 aromatic heterocycles. The molecule has 0 amide bonds. The van der Waals surface area contributed by atoms with E-state index in [4.69, 9.17) is 14.7 Å². The fourth-order valence-corrected chi connectivity index (χ4v) is 5.56. The zero-order chi connectivity index (χ0) is 20.9. The number of fused-ring (bicyclic) bond motifs is 1. The zero-order valence-electron chi connectivity index (χ0n) is 17.5. The highest BCUT2D eigenvalue weighted by atomic mass is 32.2. The second kappa shape index (κ2) is 7.31. The summed E-state index contributed by atoms with van der Waals surface area (Å²) in [5, 5.41) is 0.164. The highest BCUT2D eigenvalue weighted by Crippen LogP contribution is 2.32. The number of hydrogen-bond donors (Lipinski definition) is 0. The zero-order valence-corrected chi connectivity index (χ0v) is 18.3. The first kappa shape index (κ1) is 19.4. The highest BCUT2D eigenvalue weighted by Gasteiger charge is 2.31. The number of nitrogens with zero attached hydrogens (tertiary/aromatic N) is 6. The number of morpholine rings is 1. The Bertz CT molecular complexity index is 1230. The third kappa shape index (κ3) is 3.56. The van der Waals surface area contributed by atoms with Gasteiger partial charge >= 0.3 is 0 Å². The summed E-state index contributed by atoms with van der Waals surface area (Å²) >= 11 is 0. The normalized spacial score (nSPS) is 21.6. The maximum Gasteiger partial charge on any atom is 0.239 e. The average Bonchev–Trinajstić information content (AvgIpc) is 3.51. The van der Waals surface area contributed by atoms with Gasteiger partial charge in [0.15, 0.2) is 5.82 Å². The number of rotatable bonds is 4. The molecule has 2 aliphatic rings. The number of para-hydroxylation sites is 2. The van der Waals surface area contributed by atoms with Crippen molar-refractivity contribution in [1.82, 2.24) is 19.5 Å². The third-order valence-electron chi connectivity index (χ3n) is 5.70. The van der Waals surface area contributed by atoms with Crippen LogP contribution in [0.4, 0.5) is 11.6 Å². The summed E-state index contributed by atoms with van der Waals surface area (Å²) in [6.45, 7) is 6.09. The standard InChI is InChI=1S/C21H26N6O2S/c1-14-13-29-11-10-26(14)20-12-19(25-30(3,28)16-8-9-16)23-21(24-20)27-15(2)22-17-6-4-5-7-18(17)27/h4-7,12,14,16H,8-11,13H2,1-3H3/t14-,30?/m1/s1. The van der Waals surface area contributed by atoms with Crippen molar-refractivity contribution in [3.63, 3.8) is 0 Å². The van der Waals surface area contributed by atoms with E-state index in [1.165, 1.54) is 0 Å². The summed E-state index contributed by atoms with van der Waals surface area (Å²) in [5.41, 5.74) is 1.83. The van der Waals surface area contributed by atoms with Gasteiger partial charge in [0.1, 0.15) is 11.6 Å². The second-order valence-corrected chi connectivity index (χ2v) is 10.7. The number of hydrogen-bond acceptors (Lipinski definition) is 7. The average molecular weight is 427 g/mol. The van der Waals surface area contributed by atoms with Gasteiger partial charge in [-0.3, -0.25) is 4.57 Å². The molecule has 158 valence electrons. The molecule has 2 atom stereocenters. The van der Waals surface area contributed by atoms with Gasteiger partial charge in [-0.25, -0.2) is 9.19 Å². The lowest BCUT2D eigenvalue weighted by Gasteiger charge is -2.34. The Kier molecular flexibility index (Phi) is 4.74. The maximum absolute atomic E-state index is 13.1. The van der Waals surface area contributed by atoms with Crippen molar-refractivity contribution in [3.05, 3.63) is 36.2 Å². The van der Waals surface area contributed by atoms with Crippen LogP contribution < -0.4 is 4.90 Å². The van der Waals surface area contributed by atoms with Crippen molar-refractivity contribution in [3.8, 4) is 5.95 Å². The predicted molar refractivity (Wildman–Crippen MR) is 118 cm³/mol. The van der Waals surface area contributed by atoms with Gasteiger partial charge in [0.2, 0.25) is 5.95 Å². The predicted octanol–water partition coefficient (Wildman–Crippen LogP) is 3.24. The van der Waals surface area contributed by atoms with Gasteiger partial charge in [0.05, 0.1) is 40.0 Å². The van der Waals surface area contributed by atoms with Gasteiger partial charge in [-0.1, -0.05) is 12.1 Å². The molecule has 0 bridgehead atoms.